The fraction of sp³-hybridized carbons (Fsp3) is 0.231. The molecule has 3 rings (SSSR count). The number of fused-ring (bicyclic) bond motifs is 1. The zero-order valence-corrected chi connectivity index (χ0v) is 11.9. The highest BCUT2D eigenvalue weighted by molar-refractivity contribution is 7.20. The van der Waals surface area contributed by atoms with Crippen LogP contribution in [0.1, 0.15) is 17.4 Å². The van der Waals surface area contributed by atoms with Gasteiger partial charge in [0, 0.05) is 6.54 Å². The molecule has 0 unspecified atom stereocenters. The van der Waals surface area contributed by atoms with Crippen LogP contribution in [0.5, 0.6) is 0 Å². The van der Waals surface area contributed by atoms with Crippen LogP contribution in [-0.2, 0) is 0 Å². The summed E-state index contributed by atoms with van der Waals surface area (Å²) in [6.45, 7) is 2.02. The number of benzene rings is 1. The number of aromatic nitrogens is 3. The predicted molar refractivity (Wildman–Crippen MR) is 75.4 cm³/mol. The van der Waals surface area contributed by atoms with Crippen molar-refractivity contribution >= 4 is 21.4 Å². The molecule has 21 heavy (non-hydrogen) atoms. The van der Waals surface area contributed by atoms with Crippen LogP contribution in [0.2, 0.25) is 0 Å². The summed E-state index contributed by atoms with van der Waals surface area (Å²) in [6, 6.07) is 3.33. The molecule has 0 aliphatic heterocycles. The molecule has 0 amide bonds. The van der Waals surface area contributed by atoms with Gasteiger partial charge in [-0.15, -0.1) is 5.10 Å². The van der Waals surface area contributed by atoms with Gasteiger partial charge in [-0.1, -0.05) is 17.4 Å². The van der Waals surface area contributed by atoms with Crippen molar-refractivity contribution < 1.29 is 13.9 Å². The van der Waals surface area contributed by atoms with E-state index in [-0.39, 0.29) is 6.54 Å². The number of aliphatic hydroxyl groups is 1. The molecular weight excluding hydrogens is 298 g/mol. The molecule has 110 valence electrons. The Balaban J connectivity index is 1.68. The van der Waals surface area contributed by atoms with Crippen molar-refractivity contribution in [3.8, 4) is 0 Å². The Morgan fingerprint density at radius 2 is 2.19 bits per heavy atom. The first-order chi connectivity index (χ1) is 10.0. The van der Waals surface area contributed by atoms with Crippen molar-refractivity contribution in [2.75, 3.05) is 11.9 Å². The molecule has 2 heterocycles. The summed E-state index contributed by atoms with van der Waals surface area (Å²) in [5, 5.41) is 17.8. The van der Waals surface area contributed by atoms with E-state index in [0.29, 0.717) is 10.7 Å². The maximum atomic E-state index is 13.1. The van der Waals surface area contributed by atoms with Crippen LogP contribution in [0.15, 0.2) is 24.4 Å². The van der Waals surface area contributed by atoms with E-state index in [2.05, 4.69) is 15.4 Å². The third-order valence-electron chi connectivity index (χ3n) is 2.94. The van der Waals surface area contributed by atoms with Gasteiger partial charge in [0.1, 0.15) is 0 Å². The average molecular weight is 310 g/mol. The quantitative estimate of drug-likeness (QED) is 0.777. The van der Waals surface area contributed by atoms with E-state index in [1.807, 2.05) is 6.92 Å². The van der Waals surface area contributed by atoms with Crippen LogP contribution < -0.4 is 5.32 Å². The first-order valence-electron chi connectivity index (χ1n) is 6.22. The molecule has 1 atom stereocenters. The Morgan fingerprint density at radius 3 is 2.90 bits per heavy atom. The van der Waals surface area contributed by atoms with Gasteiger partial charge in [0.2, 0.25) is 10.1 Å². The monoisotopic (exact) mass is 310 g/mol. The summed E-state index contributed by atoms with van der Waals surface area (Å²) >= 11 is 1.35. The van der Waals surface area contributed by atoms with Crippen LogP contribution in [0.3, 0.4) is 0 Å². The summed E-state index contributed by atoms with van der Waals surface area (Å²) in [4.78, 5) is 5.01. The van der Waals surface area contributed by atoms with E-state index < -0.39 is 17.7 Å². The highest BCUT2D eigenvalue weighted by Crippen LogP contribution is 2.21. The molecular formula is C13H12F2N4OS. The van der Waals surface area contributed by atoms with Crippen LogP contribution in [0.25, 0.3) is 4.96 Å². The number of halogens is 2. The van der Waals surface area contributed by atoms with Gasteiger partial charge in [-0.25, -0.2) is 18.3 Å². The number of nitrogens with one attached hydrogen (secondary N) is 1. The lowest BCUT2D eigenvalue weighted by molar-refractivity contribution is 0.191. The number of rotatable bonds is 4. The Bertz CT molecular complexity index is 754. The van der Waals surface area contributed by atoms with Crippen molar-refractivity contribution in [2.45, 2.75) is 13.0 Å². The van der Waals surface area contributed by atoms with Gasteiger partial charge in [0.05, 0.1) is 18.0 Å². The van der Waals surface area contributed by atoms with E-state index >= 15 is 0 Å². The van der Waals surface area contributed by atoms with Gasteiger partial charge >= 0.3 is 0 Å². The summed E-state index contributed by atoms with van der Waals surface area (Å²) < 4.78 is 27.6. The van der Waals surface area contributed by atoms with E-state index in [1.165, 1.54) is 17.4 Å². The number of aryl methyl sites for hydroxylation is 1. The lowest BCUT2D eigenvalue weighted by Crippen LogP contribution is -2.12. The van der Waals surface area contributed by atoms with Gasteiger partial charge in [-0.3, -0.25) is 0 Å². The van der Waals surface area contributed by atoms with Crippen molar-refractivity contribution in [1.29, 1.82) is 0 Å². The Labute approximate surface area is 122 Å². The number of nitrogens with zero attached hydrogens (tertiary/aromatic N) is 3. The zero-order valence-electron chi connectivity index (χ0n) is 11.0. The maximum absolute atomic E-state index is 13.1. The maximum Gasteiger partial charge on any atom is 0.214 e. The second-order valence-electron chi connectivity index (χ2n) is 4.59. The number of aliphatic hydroxyl groups excluding tert-OH is 1. The van der Waals surface area contributed by atoms with Gasteiger partial charge in [0.25, 0.3) is 0 Å². The zero-order chi connectivity index (χ0) is 15.0. The molecule has 2 aromatic heterocycles. The summed E-state index contributed by atoms with van der Waals surface area (Å²) in [6.07, 6.45) is 0.834. The van der Waals surface area contributed by atoms with Crippen LogP contribution in [0.4, 0.5) is 13.9 Å². The summed E-state index contributed by atoms with van der Waals surface area (Å²) in [5.41, 5.74) is 1.18. The largest absolute Gasteiger partial charge is 0.387 e. The molecule has 0 saturated carbocycles. The van der Waals surface area contributed by atoms with Gasteiger partial charge in [0.15, 0.2) is 11.6 Å². The molecule has 0 bridgehead atoms. The number of hydrogen-bond acceptors (Lipinski definition) is 5. The second-order valence-corrected chi connectivity index (χ2v) is 5.54. The molecule has 0 fully saturated rings. The number of imidazole rings is 1. The molecule has 0 aliphatic rings. The molecule has 5 nitrogen and oxygen atoms in total. The smallest absolute Gasteiger partial charge is 0.214 e. The molecule has 0 spiro atoms. The van der Waals surface area contributed by atoms with Crippen molar-refractivity contribution in [3.05, 3.63) is 47.3 Å². The molecule has 8 heteroatoms. The van der Waals surface area contributed by atoms with E-state index in [0.717, 1.165) is 22.8 Å². The van der Waals surface area contributed by atoms with Crippen molar-refractivity contribution in [2.24, 2.45) is 0 Å². The molecule has 0 radical (unpaired) electrons. The molecule has 2 N–H and O–H groups in total. The van der Waals surface area contributed by atoms with Crippen molar-refractivity contribution in [1.82, 2.24) is 14.6 Å². The van der Waals surface area contributed by atoms with Gasteiger partial charge in [-0.2, -0.15) is 0 Å². The lowest BCUT2D eigenvalue weighted by atomic mass is 10.1. The standard InChI is InChI=1S/C13H12F2N4OS/c1-7-6-19-13(17-7)21-12(18-19)16-5-11(20)8-2-3-9(14)10(15)4-8/h2-4,6,11,20H,5H2,1H3,(H,16,18)/t11-/m1/s1. The average Bonchev–Trinajstić information content (AvgIpc) is 2.96. The van der Waals surface area contributed by atoms with Crippen molar-refractivity contribution in [3.63, 3.8) is 0 Å². The SMILES string of the molecule is Cc1cn2nc(NC[C@@H](O)c3ccc(F)c(F)c3)sc2n1. The third-order valence-corrected chi connectivity index (χ3v) is 3.82. The normalized spacial score (nSPS) is 12.8. The Kier molecular flexibility index (Phi) is 3.56. The first-order valence-corrected chi connectivity index (χ1v) is 7.04. The highest BCUT2D eigenvalue weighted by atomic mass is 32.1. The summed E-state index contributed by atoms with van der Waals surface area (Å²) in [5.74, 6) is -1.91. The fourth-order valence-electron chi connectivity index (χ4n) is 1.90. The Morgan fingerprint density at radius 1 is 1.38 bits per heavy atom. The predicted octanol–water partition coefficient (Wildman–Crippen LogP) is 2.52. The number of hydrogen-bond donors (Lipinski definition) is 2. The Hall–Kier alpha value is -2.06. The molecule has 1 aromatic carbocycles. The van der Waals surface area contributed by atoms with E-state index in [9.17, 15) is 13.9 Å². The minimum atomic E-state index is -0.977. The van der Waals surface area contributed by atoms with E-state index in [1.54, 1.807) is 10.7 Å². The minimum absolute atomic E-state index is 0.140. The fourth-order valence-corrected chi connectivity index (χ4v) is 2.74. The third kappa shape index (κ3) is 2.86. The molecule has 0 aliphatic carbocycles. The van der Waals surface area contributed by atoms with Gasteiger partial charge < -0.3 is 10.4 Å². The van der Waals surface area contributed by atoms with Crippen LogP contribution in [-0.4, -0.2) is 26.2 Å². The highest BCUT2D eigenvalue weighted by Gasteiger charge is 2.12. The first kappa shape index (κ1) is 13.9. The number of anilines is 1. The molecule has 0 saturated heterocycles. The topological polar surface area (TPSA) is 62.5 Å². The van der Waals surface area contributed by atoms with Crippen LogP contribution in [0, 0.1) is 18.6 Å². The summed E-state index contributed by atoms with van der Waals surface area (Å²) in [7, 11) is 0. The van der Waals surface area contributed by atoms with E-state index in [4.69, 9.17) is 0 Å². The van der Waals surface area contributed by atoms with Crippen LogP contribution >= 0.6 is 11.3 Å². The second kappa shape index (κ2) is 5.38. The van der Waals surface area contributed by atoms with Gasteiger partial charge in [-0.05, 0) is 24.6 Å². The molecule has 3 aromatic rings. The lowest BCUT2D eigenvalue weighted by Gasteiger charge is -2.11. The minimum Gasteiger partial charge on any atom is -0.387 e.